The molecule has 0 radical (unpaired) electrons. The number of nitriles is 1. The highest BCUT2D eigenvalue weighted by Gasteiger charge is 2.30. The summed E-state index contributed by atoms with van der Waals surface area (Å²) in [5.74, 6) is 0.408. The van der Waals surface area contributed by atoms with Crippen molar-refractivity contribution in [2.45, 2.75) is 32.5 Å². The molecule has 0 spiro atoms. The van der Waals surface area contributed by atoms with E-state index in [4.69, 9.17) is 19.5 Å². The summed E-state index contributed by atoms with van der Waals surface area (Å²) in [7, 11) is 0. The number of rotatable bonds is 5. The monoisotopic (exact) mass is 332 g/mol. The summed E-state index contributed by atoms with van der Waals surface area (Å²) in [5, 5.41) is 8.77. The zero-order valence-corrected chi connectivity index (χ0v) is 14.4. The normalized spacial score (nSPS) is 18.7. The first-order valence-electron chi connectivity index (χ1n) is 8.07. The van der Waals surface area contributed by atoms with Gasteiger partial charge < -0.3 is 14.2 Å². The van der Waals surface area contributed by atoms with Crippen molar-refractivity contribution >= 4 is 5.97 Å². The molecular formula is C18H24N2O4. The number of morpholine rings is 1. The Hall–Kier alpha value is -2.10. The summed E-state index contributed by atoms with van der Waals surface area (Å²) in [6, 6.07) is 9.08. The first-order valence-corrected chi connectivity index (χ1v) is 8.07. The van der Waals surface area contributed by atoms with Crippen LogP contribution >= 0.6 is 0 Å². The van der Waals surface area contributed by atoms with Gasteiger partial charge in [0.25, 0.3) is 0 Å². The fourth-order valence-corrected chi connectivity index (χ4v) is 2.33. The molecule has 1 atom stereocenters. The highest BCUT2D eigenvalue weighted by molar-refractivity contribution is 5.75. The molecule has 0 bridgehead atoms. The van der Waals surface area contributed by atoms with Crippen LogP contribution in [0.4, 0.5) is 0 Å². The largest absolute Gasteiger partial charge is 0.492 e. The SMILES string of the molecule is CC(C)(C)OC(=O)C1CN(CCOc2ccc(C#N)cc2)CCO1. The Balaban J connectivity index is 1.76. The van der Waals surface area contributed by atoms with E-state index >= 15 is 0 Å². The molecule has 1 fully saturated rings. The molecule has 0 saturated carbocycles. The molecule has 0 aliphatic carbocycles. The summed E-state index contributed by atoms with van der Waals surface area (Å²) in [5.41, 5.74) is 0.0947. The number of benzene rings is 1. The van der Waals surface area contributed by atoms with Gasteiger partial charge in [0.05, 0.1) is 18.2 Å². The van der Waals surface area contributed by atoms with Gasteiger partial charge in [-0.05, 0) is 45.0 Å². The van der Waals surface area contributed by atoms with Gasteiger partial charge in [0.1, 0.15) is 18.0 Å². The molecule has 24 heavy (non-hydrogen) atoms. The summed E-state index contributed by atoms with van der Waals surface area (Å²) in [4.78, 5) is 14.2. The summed E-state index contributed by atoms with van der Waals surface area (Å²) in [6.07, 6.45) is -0.548. The van der Waals surface area contributed by atoms with E-state index in [1.807, 2.05) is 20.8 Å². The first-order chi connectivity index (χ1) is 11.4. The van der Waals surface area contributed by atoms with E-state index in [0.717, 1.165) is 12.3 Å². The van der Waals surface area contributed by atoms with Crippen molar-refractivity contribution in [1.82, 2.24) is 4.90 Å². The molecule has 1 aliphatic heterocycles. The van der Waals surface area contributed by atoms with Crippen LogP contribution in [0.15, 0.2) is 24.3 Å². The molecule has 130 valence electrons. The average molecular weight is 332 g/mol. The number of carbonyl (C=O) groups is 1. The number of ether oxygens (including phenoxy) is 3. The van der Waals surface area contributed by atoms with Crippen LogP contribution in [0.3, 0.4) is 0 Å². The molecule has 2 rings (SSSR count). The van der Waals surface area contributed by atoms with Crippen LogP contribution in [-0.4, -0.2) is 55.4 Å². The van der Waals surface area contributed by atoms with Gasteiger partial charge in [-0.2, -0.15) is 5.26 Å². The lowest BCUT2D eigenvalue weighted by molar-refractivity contribution is -0.174. The Morgan fingerprint density at radius 3 is 2.71 bits per heavy atom. The van der Waals surface area contributed by atoms with Gasteiger partial charge in [0.15, 0.2) is 6.10 Å². The maximum absolute atomic E-state index is 12.1. The smallest absolute Gasteiger partial charge is 0.337 e. The van der Waals surface area contributed by atoms with E-state index in [2.05, 4.69) is 11.0 Å². The van der Waals surface area contributed by atoms with E-state index in [1.54, 1.807) is 24.3 Å². The third-order valence-corrected chi connectivity index (χ3v) is 3.48. The number of hydrogen-bond acceptors (Lipinski definition) is 6. The minimum Gasteiger partial charge on any atom is -0.492 e. The quantitative estimate of drug-likeness (QED) is 0.768. The van der Waals surface area contributed by atoms with Gasteiger partial charge in [-0.25, -0.2) is 4.79 Å². The maximum atomic E-state index is 12.1. The number of carbonyl (C=O) groups excluding carboxylic acids is 1. The van der Waals surface area contributed by atoms with Crippen molar-refractivity contribution in [3.63, 3.8) is 0 Å². The Bertz CT molecular complexity index is 587. The fourth-order valence-electron chi connectivity index (χ4n) is 2.33. The molecule has 0 N–H and O–H groups in total. The molecule has 1 aliphatic rings. The van der Waals surface area contributed by atoms with Crippen molar-refractivity contribution < 1.29 is 19.0 Å². The fraction of sp³-hybridized carbons (Fsp3) is 0.556. The minimum absolute atomic E-state index is 0.319. The van der Waals surface area contributed by atoms with E-state index in [0.29, 0.717) is 31.9 Å². The zero-order valence-electron chi connectivity index (χ0n) is 14.4. The zero-order chi connectivity index (χ0) is 17.6. The van der Waals surface area contributed by atoms with Gasteiger partial charge in [-0.15, -0.1) is 0 Å². The van der Waals surface area contributed by atoms with Crippen molar-refractivity contribution in [2.24, 2.45) is 0 Å². The second-order valence-electron chi connectivity index (χ2n) is 6.68. The minimum atomic E-state index is -0.548. The average Bonchev–Trinajstić information content (AvgIpc) is 2.54. The second-order valence-corrected chi connectivity index (χ2v) is 6.68. The van der Waals surface area contributed by atoms with Crippen molar-refractivity contribution in [2.75, 3.05) is 32.8 Å². The van der Waals surface area contributed by atoms with Crippen LogP contribution in [0, 0.1) is 11.3 Å². The third-order valence-electron chi connectivity index (χ3n) is 3.48. The molecule has 6 nitrogen and oxygen atoms in total. The lowest BCUT2D eigenvalue weighted by Crippen LogP contribution is -2.48. The van der Waals surface area contributed by atoms with Gasteiger partial charge in [-0.1, -0.05) is 0 Å². The lowest BCUT2D eigenvalue weighted by atomic mass is 10.2. The van der Waals surface area contributed by atoms with Crippen molar-refractivity contribution in [3.05, 3.63) is 29.8 Å². The third kappa shape index (κ3) is 5.84. The van der Waals surface area contributed by atoms with E-state index in [-0.39, 0.29) is 5.97 Å². The van der Waals surface area contributed by atoms with Crippen molar-refractivity contribution in [1.29, 1.82) is 5.26 Å². The van der Waals surface area contributed by atoms with Gasteiger partial charge in [0, 0.05) is 19.6 Å². The standard InChI is InChI=1S/C18H24N2O4/c1-18(2,3)24-17(21)16-13-20(9-11-23-16)8-10-22-15-6-4-14(12-19)5-7-15/h4-7,16H,8-11,13H2,1-3H3. The predicted octanol–water partition coefficient (Wildman–Crippen LogP) is 1.98. The highest BCUT2D eigenvalue weighted by Crippen LogP contribution is 2.14. The molecule has 1 aromatic carbocycles. The number of esters is 1. The Morgan fingerprint density at radius 1 is 1.38 bits per heavy atom. The predicted molar refractivity (Wildman–Crippen MR) is 88.7 cm³/mol. The lowest BCUT2D eigenvalue weighted by Gasteiger charge is -2.33. The van der Waals surface area contributed by atoms with Gasteiger partial charge in [-0.3, -0.25) is 4.90 Å². The van der Waals surface area contributed by atoms with Crippen LogP contribution in [0.25, 0.3) is 0 Å². The van der Waals surface area contributed by atoms with Gasteiger partial charge >= 0.3 is 5.97 Å². The molecular weight excluding hydrogens is 308 g/mol. The van der Waals surface area contributed by atoms with Crippen LogP contribution in [0.1, 0.15) is 26.3 Å². The molecule has 6 heteroatoms. The molecule has 1 saturated heterocycles. The van der Waals surface area contributed by atoms with E-state index in [9.17, 15) is 4.79 Å². The van der Waals surface area contributed by atoms with Gasteiger partial charge in [0.2, 0.25) is 0 Å². The van der Waals surface area contributed by atoms with E-state index in [1.165, 1.54) is 0 Å². The Labute approximate surface area is 142 Å². The molecule has 0 aromatic heterocycles. The topological polar surface area (TPSA) is 71.8 Å². The van der Waals surface area contributed by atoms with Crippen molar-refractivity contribution in [3.8, 4) is 11.8 Å². The van der Waals surface area contributed by atoms with Crippen LogP contribution < -0.4 is 4.74 Å². The van der Waals surface area contributed by atoms with Crippen LogP contribution in [-0.2, 0) is 14.3 Å². The number of hydrogen-bond donors (Lipinski definition) is 0. The maximum Gasteiger partial charge on any atom is 0.337 e. The highest BCUT2D eigenvalue weighted by atomic mass is 16.6. The molecule has 0 amide bonds. The van der Waals surface area contributed by atoms with Crippen LogP contribution in [0.5, 0.6) is 5.75 Å². The van der Waals surface area contributed by atoms with E-state index < -0.39 is 11.7 Å². The molecule has 1 unspecified atom stereocenters. The molecule has 1 aromatic rings. The second kappa shape index (κ2) is 8.13. The Morgan fingerprint density at radius 2 is 2.08 bits per heavy atom. The summed E-state index contributed by atoms with van der Waals surface area (Å²) < 4.78 is 16.6. The summed E-state index contributed by atoms with van der Waals surface area (Å²) >= 11 is 0. The number of nitrogens with zero attached hydrogens (tertiary/aromatic N) is 2. The van der Waals surface area contributed by atoms with Crippen LogP contribution in [0.2, 0.25) is 0 Å². The Kier molecular flexibility index (Phi) is 6.18. The first kappa shape index (κ1) is 18.2. The summed E-state index contributed by atoms with van der Waals surface area (Å²) in [6.45, 7) is 8.50. The molecule has 1 heterocycles.